The number of anilines is 1. The lowest BCUT2D eigenvalue weighted by atomic mass is 9.94. The van der Waals surface area contributed by atoms with Gasteiger partial charge in [0.05, 0.1) is 5.56 Å². The molecule has 1 heterocycles. The Hall–Kier alpha value is -1.78. The van der Waals surface area contributed by atoms with Crippen LogP contribution in [0.1, 0.15) is 56.9 Å². The van der Waals surface area contributed by atoms with E-state index < -0.39 is 0 Å². The van der Waals surface area contributed by atoms with Crippen LogP contribution in [0.15, 0.2) is 11.2 Å². The first-order valence-electron chi connectivity index (χ1n) is 7.85. The molecule has 116 valence electrons. The molecule has 0 aliphatic heterocycles. The van der Waals surface area contributed by atoms with E-state index in [9.17, 15) is 0 Å². The quantitative estimate of drug-likeness (QED) is 0.378. The summed E-state index contributed by atoms with van der Waals surface area (Å²) in [5.74, 6) is 0.996. The Morgan fingerprint density at radius 2 is 2.14 bits per heavy atom. The van der Waals surface area contributed by atoms with E-state index in [1.54, 1.807) is 0 Å². The third-order valence-electron chi connectivity index (χ3n) is 4.02. The summed E-state index contributed by atoms with van der Waals surface area (Å²) in [6.07, 6.45) is 5.47. The van der Waals surface area contributed by atoms with E-state index in [4.69, 9.17) is 15.9 Å². The number of pyridine rings is 1. The number of hydrogen-bond donors (Lipinski definition) is 2. The van der Waals surface area contributed by atoms with Crippen molar-refractivity contribution >= 4 is 11.7 Å². The van der Waals surface area contributed by atoms with Crippen LogP contribution in [-0.2, 0) is 12.8 Å². The van der Waals surface area contributed by atoms with Crippen molar-refractivity contribution in [3.63, 3.8) is 0 Å². The second-order valence-corrected chi connectivity index (χ2v) is 5.94. The number of fused-ring (bicyclic) bond motifs is 1. The van der Waals surface area contributed by atoms with Gasteiger partial charge in [-0.1, -0.05) is 12.1 Å². The summed E-state index contributed by atoms with van der Waals surface area (Å²) in [6.45, 7) is 7.35. The Labute approximate surface area is 126 Å². The van der Waals surface area contributed by atoms with Gasteiger partial charge in [0.1, 0.15) is 5.82 Å². The third-order valence-corrected chi connectivity index (χ3v) is 4.02. The Kier molecular flexibility index (Phi) is 5.04. The largest absolute Gasteiger partial charge is 0.409 e. The molecule has 5 nitrogen and oxygen atoms in total. The highest BCUT2D eigenvalue weighted by Gasteiger charge is 2.22. The molecule has 0 saturated carbocycles. The number of aromatic nitrogens is 1. The van der Waals surface area contributed by atoms with Crippen LogP contribution in [0.4, 0.5) is 5.82 Å². The van der Waals surface area contributed by atoms with Crippen LogP contribution in [0.5, 0.6) is 0 Å². The van der Waals surface area contributed by atoms with E-state index in [0.29, 0.717) is 6.04 Å². The summed E-state index contributed by atoms with van der Waals surface area (Å²) in [6, 6.07) is 2.39. The molecule has 0 bridgehead atoms. The van der Waals surface area contributed by atoms with Crippen molar-refractivity contribution < 1.29 is 5.21 Å². The van der Waals surface area contributed by atoms with Crippen LogP contribution >= 0.6 is 0 Å². The van der Waals surface area contributed by atoms with E-state index in [2.05, 4.69) is 36.9 Å². The van der Waals surface area contributed by atoms with E-state index in [1.165, 1.54) is 24.1 Å². The topological polar surface area (TPSA) is 74.7 Å². The van der Waals surface area contributed by atoms with Crippen molar-refractivity contribution in [3.8, 4) is 0 Å². The van der Waals surface area contributed by atoms with Crippen LogP contribution < -0.4 is 10.6 Å². The van der Waals surface area contributed by atoms with Gasteiger partial charge in [-0.05, 0) is 57.6 Å². The van der Waals surface area contributed by atoms with Gasteiger partial charge in [0.25, 0.3) is 0 Å². The maximum Gasteiger partial charge on any atom is 0.173 e. The fourth-order valence-electron chi connectivity index (χ4n) is 2.93. The van der Waals surface area contributed by atoms with Gasteiger partial charge in [0.15, 0.2) is 5.84 Å². The predicted molar refractivity (Wildman–Crippen MR) is 86.2 cm³/mol. The third kappa shape index (κ3) is 3.28. The SMILES string of the molecule is CCCN(c1nc2c(cc1C(N)=NO)CCCC2)C(C)C. The average molecular weight is 290 g/mol. The van der Waals surface area contributed by atoms with Gasteiger partial charge >= 0.3 is 0 Å². The molecule has 5 heteroatoms. The minimum atomic E-state index is 0.146. The molecule has 1 aromatic rings. The van der Waals surface area contributed by atoms with E-state index >= 15 is 0 Å². The summed E-state index contributed by atoms with van der Waals surface area (Å²) in [7, 11) is 0. The summed E-state index contributed by atoms with van der Waals surface area (Å²) in [5.41, 5.74) is 9.06. The van der Waals surface area contributed by atoms with Crippen LogP contribution in [0, 0.1) is 0 Å². The molecule has 1 aliphatic rings. The first-order chi connectivity index (χ1) is 10.1. The monoisotopic (exact) mass is 290 g/mol. The fraction of sp³-hybridized carbons (Fsp3) is 0.625. The van der Waals surface area contributed by atoms with E-state index in [-0.39, 0.29) is 5.84 Å². The summed E-state index contributed by atoms with van der Waals surface area (Å²) < 4.78 is 0. The number of oxime groups is 1. The minimum Gasteiger partial charge on any atom is -0.409 e. The molecule has 0 saturated heterocycles. The molecule has 1 aromatic heterocycles. The Balaban J connectivity index is 2.55. The number of hydrogen-bond acceptors (Lipinski definition) is 4. The van der Waals surface area contributed by atoms with Gasteiger partial charge in [-0.25, -0.2) is 4.98 Å². The molecule has 0 amide bonds. The zero-order valence-electron chi connectivity index (χ0n) is 13.3. The van der Waals surface area contributed by atoms with Gasteiger partial charge in [0, 0.05) is 18.3 Å². The van der Waals surface area contributed by atoms with Crippen LogP contribution in [0.3, 0.4) is 0 Å². The number of amidine groups is 1. The van der Waals surface area contributed by atoms with Gasteiger partial charge < -0.3 is 15.8 Å². The van der Waals surface area contributed by atoms with Gasteiger partial charge in [0.2, 0.25) is 0 Å². The second kappa shape index (κ2) is 6.78. The molecule has 0 fully saturated rings. The van der Waals surface area contributed by atoms with Crippen molar-refractivity contribution in [2.24, 2.45) is 10.9 Å². The highest BCUT2D eigenvalue weighted by Crippen LogP contribution is 2.28. The molecule has 0 spiro atoms. The molecule has 21 heavy (non-hydrogen) atoms. The predicted octanol–water partition coefficient (Wildman–Crippen LogP) is 2.68. The highest BCUT2D eigenvalue weighted by atomic mass is 16.4. The average Bonchev–Trinajstić information content (AvgIpc) is 2.50. The first kappa shape index (κ1) is 15.6. The number of nitrogens with zero attached hydrogens (tertiary/aromatic N) is 3. The zero-order chi connectivity index (χ0) is 15.4. The first-order valence-corrected chi connectivity index (χ1v) is 7.85. The van der Waals surface area contributed by atoms with Crippen molar-refractivity contribution in [2.45, 2.75) is 58.9 Å². The summed E-state index contributed by atoms with van der Waals surface area (Å²) >= 11 is 0. The Morgan fingerprint density at radius 3 is 2.76 bits per heavy atom. The lowest BCUT2D eigenvalue weighted by Crippen LogP contribution is -2.35. The van der Waals surface area contributed by atoms with Gasteiger partial charge in [-0.3, -0.25) is 0 Å². The summed E-state index contributed by atoms with van der Waals surface area (Å²) in [5, 5.41) is 12.3. The fourth-order valence-corrected chi connectivity index (χ4v) is 2.93. The van der Waals surface area contributed by atoms with Crippen LogP contribution in [0.25, 0.3) is 0 Å². The molecule has 0 radical (unpaired) electrons. The number of rotatable bonds is 5. The van der Waals surface area contributed by atoms with Crippen molar-refractivity contribution in [1.82, 2.24) is 4.98 Å². The molecule has 2 rings (SSSR count). The minimum absolute atomic E-state index is 0.146. The van der Waals surface area contributed by atoms with E-state index in [1.807, 2.05) is 0 Å². The lowest BCUT2D eigenvalue weighted by Gasteiger charge is -2.30. The maximum atomic E-state index is 9.08. The van der Waals surface area contributed by atoms with Crippen molar-refractivity contribution in [2.75, 3.05) is 11.4 Å². The standard InChI is InChI=1S/C16H26N4O/c1-4-9-20(11(2)3)16-13(15(17)19-21)10-12-7-5-6-8-14(12)18-16/h10-11,21H,4-9H2,1-3H3,(H2,17,19). The summed E-state index contributed by atoms with van der Waals surface area (Å²) in [4.78, 5) is 7.11. The van der Waals surface area contributed by atoms with Crippen LogP contribution in [0.2, 0.25) is 0 Å². The molecule has 0 aromatic carbocycles. The highest BCUT2D eigenvalue weighted by molar-refractivity contribution is 6.01. The lowest BCUT2D eigenvalue weighted by molar-refractivity contribution is 0.318. The molecule has 1 aliphatic carbocycles. The van der Waals surface area contributed by atoms with Gasteiger partial charge in [-0.15, -0.1) is 0 Å². The molecule has 3 N–H and O–H groups in total. The zero-order valence-corrected chi connectivity index (χ0v) is 13.3. The van der Waals surface area contributed by atoms with Gasteiger partial charge in [-0.2, -0.15) is 0 Å². The van der Waals surface area contributed by atoms with Crippen LogP contribution in [-0.4, -0.2) is 28.6 Å². The maximum absolute atomic E-state index is 9.08. The van der Waals surface area contributed by atoms with Crippen molar-refractivity contribution in [1.29, 1.82) is 0 Å². The smallest absolute Gasteiger partial charge is 0.173 e. The Morgan fingerprint density at radius 1 is 1.43 bits per heavy atom. The second-order valence-electron chi connectivity index (χ2n) is 5.94. The Bertz CT molecular complexity index is 525. The number of nitrogens with two attached hydrogens (primary N) is 1. The molecule has 0 unspecified atom stereocenters. The normalized spacial score (nSPS) is 15.1. The molecular weight excluding hydrogens is 264 g/mol. The van der Waals surface area contributed by atoms with E-state index in [0.717, 1.165) is 37.2 Å². The van der Waals surface area contributed by atoms with Crippen molar-refractivity contribution in [3.05, 3.63) is 22.9 Å². The number of aryl methyl sites for hydroxylation is 2. The molecule has 0 atom stereocenters. The molecular formula is C16H26N4O.